The van der Waals surface area contributed by atoms with Crippen LogP contribution < -0.4 is 10.6 Å². The Hall–Kier alpha value is -4.79. The summed E-state index contributed by atoms with van der Waals surface area (Å²) in [5, 5.41) is 4.70. The van der Waals surface area contributed by atoms with E-state index in [2.05, 4.69) is 10.6 Å². The molecule has 1 aliphatic rings. The van der Waals surface area contributed by atoms with Crippen LogP contribution in [0, 0.1) is 13.8 Å². The van der Waals surface area contributed by atoms with Crippen LogP contribution in [0.3, 0.4) is 0 Å². The first-order chi connectivity index (χ1) is 17.2. The summed E-state index contributed by atoms with van der Waals surface area (Å²) in [6.45, 7) is 3.06. The molecule has 2 N–H and O–H groups in total. The van der Waals surface area contributed by atoms with Crippen molar-refractivity contribution < 1.29 is 28.7 Å². The van der Waals surface area contributed by atoms with E-state index in [1.165, 1.54) is 12.1 Å². The number of amides is 5. The van der Waals surface area contributed by atoms with Crippen LogP contribution in [0.15, 0.2) is 66.7 Å². The van der Waals surface area contributed by atoms with Gasteiger partial charge in [0.25, 0.3) is 17.7 Å². The summed E-state index contributed by atoms with van der Waals surface area (Å²) < 4.78 is 5.02. The number of imide groups is 2. The lowest BCUT2D eigenvalue weighted by atomic mass is 10.1. The lowest BCUT2D eigenvalue weighted by Crippen LogP contribution is -2.37. The van der Waals surface area contributed by atoms with Gasteiger partial charge in [-0.1, -0.05) is 36.4 Å². The second-order valence-electron chi connectivity index (χ2n) is 8.27. The van der Waals surface area contributed by atoms with Crippen LogP contribution in [0.4, 0.5) is 10.5 Å². The average Bonchev–Trinajstić information content (AvgIpc) is 3.10. The van der Waals surface area contributed by atoms with Crippen molar-refractivity contribution in [1.82, 2.24) is 10.2 Å². The molecule has 182 valence electrons. The Kier molecular flexibility index (Phi) is 6.91. The first kappa shape index (κ1) is 24.3. The van der Waals surface area contributed by atoms with E-state index in [9.17, 15) is 24.0 Å². The smallest absolute Gasteiger partial charge is 0.338 e. The molecule has 0 aromatic heterocycles. The highest BCUT2D eigenvalue weighted by Crippen LogP contribution is 2.24. The Morgan fingerprint density at radius 3 is 2.22 bits per heavy atom. The van der Waals surface area contributed by atoms with Crippen LogP contribution in [-0.4, -0.2) is 41.2 Å². The SMILES string of the molecule is Cc1cccc(NC(=O)NC(=O)COC(=O)c2cccc(CN3C(=O)c4ccccc4C3=O)c2)c1C. The summed E-state index contributed by atoms with van der Waals surface area (Å²) in [6, 6.07) is 17.4. The normalized spacial score (nSPS) is 12.2. The second-order valence-corrected chi connectivity index (χ2v) is 8.27. The van der Waals surface area contributed by atoms with Gasteiger partial charge in [0.2, 0.25) is 0 Å². The number of nitrogens with zero attached hydrogens (tertiary/aromatic N) is 1. The van der Waals surface area contributed by atoms with Gasteiger partial charge in [-0.25, -0.2) is 9.59 Å². The number of anilines is 1. The number of carbonyl (C=O) groups is 5. The number of fused-ring (bicyclic) bond motifs is 1. The highest BCUT2D eigenvalue weighted by molar-refractivity contribution is 6.21. The number of nitrogens with one attached hydrogen (secondary N) is 2. The number of carbonyl (C=O) groups excluding carboxylic acids is 5. The molecule has 0 aliphatic carbocycles. The van der Waals surface area contributed by atoms with Crippen molar-refractivity contribution in [3.05, 3.63) is 100 Å². The highest BCUT2D eigenvalue weighted by Gasteiger charge is 2.35. The largest absolute Gasteiger partial charge is 0.452 e. The number of hydrogen-bond acceptors (Lipinski definition) is 6. The molecule has 0 saturated heterocycles. The fourth-order valence-electron chi connectivity index (χ4n) is 3.78. The molecule has 0 atom stereocenters. The second kappa shape index (κ2) is 10.2. The molecule has 5 amide bonds. The zero-order chi connectivity index (χ0) is 25.8. The van der Waals surface area contributed by atoms with Crippen LogP contribution in [0.25, 0.3) is 0 Å². The summed E-state index contributed by atoms with van der Waals surface area (Å²) in [5.74, 6) is -2.39. The molecule has 0 bridgehead atoms. The predicted octanol–water partition coefficient (Wildman–Crippen LogP) is 3.60. The summed E-state index contributed by atoms with van der Waals surface area (Å²) in [6.07, 6.45) is 0. The van der Waals surface area contributed by atoms with Gasteiger partial charge < -0.3 is 10.1 Å². The Labute approximate surface area is 207 Å². The standard InChI is InChI=1S/C27H23N3O6/c1-16-7-5-12-22(17(16)2)28-27(35)29-23(31)15-36-26(34)19-9-6-8-18(13-19)14-30-24(32)20-10-3-4-11-21(20)25(30)33/h3-13H,14-15H2,1-2H3,(H2,28,29,31,35). The summed E-state index contributed by atoms with van der Waals surface area (Å²) in [5.41, 5.74) is 3.77. The maximum atomic E-state index is 12.6. The van der Waals surface area contributed by atoms with Gasteiger partial charge in [-0.05, 0) is 60.9 Å². The third-order valence-corrected chi connectivity index (χ3v) is 5.82. The lowest BCUT2D eigenvalue weighted by Gasteiger charge is -2.14. The number of urea groups is 1. The molecular weight excluding hydrogens is 462 g/mol. The van der Waals surface area contributed by atoms with Gasteiger partial charge in [-0.15, -0.1) is 0 Å². The van der Waals surface area contributed by atoms with Crippen molar-refractivity contribution >= 4 is 35.4 Å². The van der Waals surface area contributed by atoms with E-state index < -0.39 is 36.3 Å². The van der Waals surface area contributed by atoms with Gasteiger partial charge in [0.15, 0.2) is 6.61 Å². The fraction of sp³-hybridized carbons (Fsp3) is 0.148. The van der Waals surface area contributed by atoms with E-state index in [4.69, 9.17) is 4.74 Å². The zero-order valence-electron chi connectivity index (χ0n) is 19.7. The van der Waals surface area contributed by atoms with Gasteiger partial charge >= 0.3 is 12.0 Å². The molecule has 9 nitrogen and oxygen atoms in total. The zero-order valence-corrected chi connectivity index (χ0v) is 19.7. The third kappa shape index (κ3) is 5.15. The number of aryl methyl sites for hydroxylation is 1. The van der Waals surface area contributed by atoms with Gasteiger partial charge in [-0.2, -0.15) is 0 Å². The molecule has 0 unspecified atom stereocenters. The van der Waals surface area contributed by atoms with Crippen molar-refractivity contribution in [3.8, 4) is 0 Å². The minimum absolute atomic E-state index is 0.0213. The number of benzene rings is 3. The predicted molar refractivity (Wildman–Crippen MR) is 130 cm³/mol. The highest BCUT2D eigenvalue weighted by atomic mass is 16.5. The van der Waals surface area contributed by atoms with E-state index in [1.54, 1.807) is 48.5 Å². The van der Waals surface area contributed by atoms with Crippen molar-refractivity contribution in [2.24, 2.45) is 0 Å². The first-order valence-electron chi connectivity index (χ1n) is 11.1. The molecule has 1 heterocycles. The molecule has 0 fully saturated rings. The fourth-order valence-corrected chi connectivity index (χ4v) is 3.78. The van der Waals surface area contributed by atoms with Crippen molar-refractivity contribution in [2.75, 3.05) is 11.9 Å². The van der Waals surface area contributed by atoms with Crippen molar-refractivity contribution in [3.63, 3.8) is 0 Å². The number of esters is 1. The van der Waals surface area contributed by atoms with E-state index >= 15 is 0 Å². The van der Waals surface area contributed by atoms with Crippen LogP contribution in [-0.2, 0) is 16.1 Å². The monoisotopic (exact) mass is 485 g/mol. The Morgan fingerprint density at radius 1 is 0.861 bits per heavy atom. The number of rotatable bonds is 6. The van der Waals surface area contributed by atoms with Gasteiger partial charge in [0.05, 0.1) is 23.2 Å². The third-order valence-electron chi connectivity index (χ3n) is 5.82. The van der Waals surface area contributed by atoms with Crippen LogP contribution in [0.5, 0.6) is 0 Å². The van der Waals surface area contributed by atoms with Gasteiger partial charge in [0, 0.05) is 5.69 Å². The topological polar surface area (TPSA) is 122 Å². The summed E-state index contributed by atoms with van der Waals surface area (Å²) in [4.78, 5) is 62.9. The summed E-state index contributed by atoms with van der Waals surface area (Å²) in [7, 11) is 0. The first-order valence-corrected chi connectivity index (χ1v) is 11.1. The van der Waals surface area contributed by atoms with Crippen LogP contribution in [0.2, 0.25) is 0 Å². The maximum absolute atomic E-state index is 12.6. The molecule has 4 rings (SSSR count). The Bertz CT molecular complexity index is 1360. The maximum Gasteiger partial charge on any atom is 0.338 e. The molecule has 3 aromatic carbocycles. The average molecular weight is 485 g/mol. The molecular formula is C27H23N3O6. The van der Waals surface area contributed by atoms with Gasteiger partial charge in [0.1, 0.15) is 0 Å². The quantitative estimate of drug-likeness (QED) is 0.406. The molecule has 0 saturated carbocycles. The van der Waals surface area contributed by atoms with Crippen LogP contribution in [0.1, 0.15) is 47.8 Å². The molecule has 1 aliphatic heterocycles. The molecule has 3 aromatic rings. The number of ether oxygens (including phenoxy) is 1. The van der Waals surface area contributed by atoms with E-state index in [0.29, 0.717) is 22.4 Å². The number of hydrogen-bond donors (Lipinski definition) is 2. The van der Waals surface area contributed by atoms with E-state index in [1.807, 2.05) is 19.9 Å². The Morgan fingerprint density at radius 2 is 1.53 bits per heavy atom. The Balaban J connectivity index is 1.32. The minimum atomic E-state index is -0.798. The minimum Gasteiger partial charge on any atom is -0.452 e. The van der Waals surface area contributed by atoms with Crippen LogP contribution >= 0.6 is 0 Å². The molecule has 36 heavy (non-hydrogen) atoms. The van der Waals surface area contributed by atoms with E-state index in [-0.39, 0.29) is 12.1 Å². The van der Waals surface area contributed by atoms with Crippen molar-refractivity contribution in [2.45, 2.75) is 20.4 Å². The summed E-state index contributed by atoms with van der Waals surface area (Å²) >= 11 is 0. The van der Waals surface area contributed by atoms with Gasteiger partial charge in [-0.3, -0.25) is 24.6 Å². The lowest BCUT2D eigenvalue weighted by molar-refractivity contribution is -0.123. The molecule has 9 heteroatoms. The van der Waals surface area contributed by atoms with Crippen molar-refractivity contribution in [1.29, 1.82) is 0 Å². The van der Waals surface area contributed by atoms with E-state index in [0.717, 1.165) is 16.0 Å². The molecule has 0 radical (unpaired) electrons. The molecule has 0 spiro atoms.